The molecule has 0 fully saturated rings. The molecular weight excluding hydrogens is 196 g/mol. The van der Waals surface area contributed by atoms with Gasteiger partial charge in [0.2, 0.25) is 0 Å². The molecular formula is C10H14N2O3. The molecule has 1 rings (SSSR count). The van der Waals surface area contributed by atoms with E-state index in [2.05, 4.69) is 4.98 Å². The molecule has 1 aromatic rings. The van der Waals surface area contributed by atoms with Crippen molar-refractivity contribution in [1.29, 1.82) is 0 Å². The summed E-state index contributed by atoms with van der Waals surface area (Å²) < 4.78 is 1.62. The second kappa shape index (κ2) is 3.84. The maximum absolute atomic E-state index is 11.1. The lowest BCUT2D eigenvalue weighted by Crippen LogP contribution is -2.23. The molecule has 5 heteroatoms. The van der Waals surface area contributed by atoms with Gasteiger partial charge in [0, 0.05) is 12.7 Å². The van der Waals surface area contributed by atoms with Crippen molar-refractivity contribution in [3.8, 4) is 0 Å². The van der Waals surface area contributed by atoms with Gasteiger partial charge in [-0.15, -0.1) is 0 Å². The third-order valence-electron chi connectivity index (χ3n) is 1.74. The largest absolute Gasteiger partial charge is 0.477 e. The third-order valence-corrected chi connectivity index (χ3v) is 1.74. The fraction of sp³-hybridized carbons (Fsp3) is 0.500. The van der Waals surface area contributed by atoms with Crippen LogP contribution in [-0.2, 0) is 6.54 Å². The van der Waals surface area contributed by atoms with E-state index in [1.165, 1.54) is 12.5 Å². The van der Waals surface area contributed by atoms with E-state index in [1.807, 2.05) is 20.8 Å². The zero-order valence-corrected chi connectivity index (χ0v) is 9.02. The molecule has 0 aliphatic rings. The number of rotatable bonds is 2. The van der Waals surface area contributed by atoms with Crippen LogP contribution in [-0.4, -0.2) is 20.6 Å². The van der Waals surface area contributed by atoms with Gasteiger partial charge >= 0.3 is 5.97 Å². The number of nitrogens with zero attached hydrogens (tertiary/aromatic N) is 2. The minimum absolute atomic E-state index is 0.00647. The number of hydrogen-bond donors (Lipinski definition) is 1. The van der Waals surface area contributed by atoms with Gasteiger partial charge < -0.3 is 9.67 Å². The summed E-state index contributed by atoms with van der Waals surface area (Å²) in [4.78, 5) is 25.3. The van der Waals surface area contributed by atoms with Crippen molar-refractivity contribution in [2.45, 2.75) is 27.3 Å². The predicted molar refractivity (Wildman–Crippen MR) is 54.9 cm³/mol. The molecule has 5 nitrogen and oxygen atoms in total. The summed E-state index contributed by atoms with van der Waals surface area (Å²) in [7, 11) is 0. The summed E-state index contributed by atoms with van der Waals surface area (Å²) in [5, 5.41) is 8.74. The molecule has 0 saturated heterocycles. The average molecular weight is 210 g/mol. The highest BCUT2D eigenvalue weighted by molar-refractivity contribution is 5.86. The Hall–Kier alpha value is -1.65. The standard InChI is InChI=1S/C10H14N2O3/c1-10(2,3)5-12-4-7(9(14)15)8(13)11-6-12/h4,6H,5H2,1-3H3,(H,14,15). The van der Waals surface area contributed by atoms with E-state index >= 15 is 0 Å². The molecule has 1 N–H and O–H groups in total. The van der Waals surface area contributed by atoms with Gasteiger partial charge in [-0.2, -0.15) is 4.98 Å². The number of carboxylic acid groups (broad SMARTS) is 1. The number of aromatic nitrogens is 2. The zero-order chi connectivity index (χ0) is 11.6. The molecule has 0 aliphatic carbocycles. The Kier molecular flexibility index (Phi) is 2.93. The van der Waals surface area contributed by atoms with Crippen molar-refractivity contribution in [1.82, 2.24) is 9.55 Å². The molecule has 0 saturated carbocycles. The Morgan fingerprint density at radius 2 is 2.13 bits per heavy atom. The van der Waals surface area contributed by atoms with Crippen LogP contribution < -0.4 is 5.56 Å². The lowest BCUT2D eigenvalue weighted by atomic mass is 9.97. The van der Waals surface area contributed by atoms with E-state index in [-0.39, 0.29) is 11.0 Å². The van der Waals surface area contributed by atoms with Crippen LogP contribution in [0.15, 0.2) is 17.3 Å². The van der Waals surface area contributed by atoms with Gasteiger partial charge in [0.1, 0.15) is 5.56 Å². The van der Waals surface area contributed by atoms with Crippen LogP contribution in [0.25, 0.3) is 0 Å². The van der Waals surface area contributed by atoms with Crippen LogP contribution in [0.4, 0.5) is 0 Å². The van der Waals surface area contributed by atoms with Gasteiger partial charge in [-0.05, 0) is 5.41 Å². The molecule has 0 atom stereocenters. The SMILES string of the molecule is CC(C)(C)Cn1cnc(=O)c(C(=O)O)c1. The summed E-state index contributed by atoms with van der Waals surface area (Å²) in [5.74, 6) is -1.24. The quantitative estimate of drug-likeness (QED) is 0.790. The monoisotopic (exact) mass is 210 g/mol. The first-order valence-electron chi connectivity index (χ1n) is 4.59. The van der Waals surface area contributed by atoms with Crippen molar-refractivity contribution < 1.29 is 9.90 Å². The van der Waals surface area contributed by atoms with E-state index in [0.29, 0.717) is 6.54 Å². The number of carboxylic acids is 1. The summed E-state index contributed by atoms with van der Waals surface area (Å²) in [6.45, 7) is 6.67. The first-order chi connectivity index (χ1) is 6.79. The molecule has 1 heterocycles. The highest BCUT2D eigenvalue weighted by atomic mass is 16.4. The maximum Gasteiger partial charge on any atom is 0.342 e. The van der Waals surface area contributed by atoms with E-state index < -0.39 is 11.5 Å². The molecule has 0 amide bonds. The van der Waals surface area contributed by atoms with E-state index in [0.717, 1.165) is 0 Å². The normalized spacial score (nSPS) is 11.4. The Labute approximate surface area is 87.4 Å². The molecule has 0 unspecified atom stereocenters. The first kappa shape index (κ1) is 11.4. The first-order valence-corrected chi connectivity index (χ1v) is 4.59. The van der Waals surface area contributed by atoms with E-state index in [9.17, 15) is 9.59 Å². The van der Waals surface area contributed by atoms with Gasteiger partial charge in [0.05, 0.1) is 6.33 Å². The van der Waals surface area contributed by atoms with E-state index in [4.69, 9.17) is 5.11 Å². The molecule has 0 bridgehead atoms. The molecule has 0 aromatic carbocycles. The van der Waals surface area contributed by atoms with Crippen molar-refractivity contribution in [3.63, 3.8) is 0 Å². The second-order valence-corrected chi connectivity index (χ2v) is 4.63. The lowest BCUT2D eigenvalue weighted by molar-refractivity contribution is 0.0693. The van der Waals surface area contributed by atoms with Gasteiger partial charge in [0.25, 0.3) is 5.56 Å². The summed E-state index contributed by atoms with van der Waals surface area (Å²) >= 11 is 0. The fourth-order valence-electron chi connectivity index (χ4n) is 1.23. The Bertz CT molecular complexity index is 429. The van der Waals surface area contributed by atoms with E-state index in [1.54, 1.807) is 4.57 Å². The molecule has 0 aliphatic heterocycles. The predicted octanol–water partition coefficient (Wildman–Crippen LogP) is 0.988. The average Bonchev–Trinajstić information content (AvgIpc) is 2.05. The van der Waals surface area contributed by atoms with Crippen molar-refractivity contribution in [3.05, 3.63) is 28.4 Å². The smallest absolute Gasteiger partial charge is 0.342 e. The Balaban J connectivity index is 3.09. The Morgan fingerprint density at radius 1 is 1.53 bits per heavy atom. The molecule has 82 valence electrons. The maximum atomic E-state index is 11.1. The highest BCUT2D eigenvalue weighted by Gasteiger charge is 2.14. The third kappa shape index (κ3) is 3.19. The lowest BCUT2D eigenvalue weighted by Gasteiger charge is -2.19. The van der Waals surface area contributed by atoms with Crippen LogP contribution in [0.5, 0.6) is 0 Å². The number of hydrogen-bond acceptors (Lipinski definition) is 3. The minimum Gasteiger partial charge on any atom is -0.477 e. The van der Waals surface area contributed by atoms with Crippen LogP contribution >= 0.6 is 0 Å². The van der Waals surface area contributed by atoms with Gasteiger partial charge in [-0.25, -0.2) is 4.79 Å². The van der Waals surface area contributed by atoms with Crippen molar-refractivity contribution in [2.24, 2.45) is 5.41 Å². The zero-order valence-electron chi connectivity index (χ0n) is 9.02. The molecule has 0 spiro atoms. The Morgan fingerprint density at radius 3 is 2.60 bits per heavy atom. The van der Waals surface area contributed by atoms with Gasteiger partial charge in [-0.1, -0.05) is 20.8 Å². The fourth-order valence-corrected chi connectivity index (χ4v) is 1.23. The van der Waals surface area contributed by atoms with Gasteiger partial charge in [0.15, 0.2) is 0 Å². The van der Waals surface area contributed by atoms with Crippen molar-refractivity contribution in [2.75, 3.05) is 0 Å². The van der Waals surface area contributed by atoms with Crippen LogP contribution in [0.2, 0.25) is 0 Å². The molecule has 0 radical (unpaired) electrons. The summed E-state index contributed by atoms with van der Waals surface area (Å²) in [5.41, 5.74) is -0.985. The topological polar surface area (TPSA) is 72.2 Å². The minimum atomic E-state index is -1.24. The van der Waals surface area contributed by atoms with Crippen molar-refractivity contribution >= 4 is 5.97 Å². The van der Waals surface area contributed by atoms with Crippen LogP contribution in [0, 0.1) is 5.41 Å². The number of aromatic carboxylic acids is 1. The molecule has 15 heavy (non-hydrogen) atoms. The van der Waals surface area contributed by atoms with Gasteiger partial charge in [-0.3, -0.25) is 4.79 Å². The molecule has 1 aromatic heterocycles. The summed E-state index contributed by atoms with van der Waals surface area (Å²) in [6, 6.07) is 0. The van der Waals surface area contributed by atoms with Crippen LogP contribution in [0.3, 0.4) is 0 Å². The second-order valence-electron chi connectivity index (χ2n) is 4.63. The van der Waals surface area contributed by atoms with Crippen LogP contribution in [0.1, 0.15) is 31.1 Å². The highest BCUT2D eigenvalue weighted by Crippen LogP contribution is 2.15. The number of carbonyl (C=O) groups is 1. The summed E-state index contributed by atoms with van der Waals surface area (Å²) in [6.07, 6.45) is 2.68.